The molecule has 2 aromatic carbocycles. The summed E-state index contributed by atoms with van der Waals surface area (Å²) in [7, 11) is 0. The van der Waals surface area contributed by atoms with E-state index in [0.29, 0.717) is 5.69 Å². The van der Waals surface area contributed by atoms with Crippen molar-refractivity contribution in [3.05, 3.63) is 65.4 Å². The Balaban J connectivity index is 2.16. The number of hydrogen-bond acceptors (Lipinski definition) is 4. The van der Waals surface area contributed by atoms with Crippen molar-refractivity contribution in [2.45, 2.75) is 20.3 Å². The first kappa shape index (κ1) is 17.1. The molecule has 0 radical (unpaired) electrons. The Morgan fingerprint density at radius 1 is 1.25 bits per heavy atom. The quantitative estimate of drug-likeness (QED) is 0.446. The van der Waals surface area contributed by atoms with Crippen LogP contribution < -0.4 is 16.4 Å². The van der Waals surface area contributed by atoms with Gasteiger partial charge in [0, 0.05) is 23.3 Å². The smallest absolute Gasteiger partial charge is 0.267 e. The highest BCUT2D eigenvalue weighted by Gasteiger charge is 2.12. The van der Waals surface area contributed by atoms with E-state index in [-0.39, 0.29) is 5.57 Å². The first-order valence-corrected chi connectivity index (χ1v) is 7.67. The van der Waals surface area contributed by atoms with Crippen molar-refractivity contribution in [3.63, 3.8) is 0 Å². The highest BCUT2D eigenvalue weighted by Crippen LogP contribution is 2.21. The summed E-state index contributed by atoms with van der Waals surface area (Å²) in [6, 6.07) is 14.8. The predicted molar refractivity (Wildman–Crippen MR) is 97.4 cm³/mol. The summed E-state index contributed by atoms with van der Waals surface area (Å²) in [6.07, 6.45) is 2.19. The Hall–Kier alpha value is -3.26. The zero-order chi connectivity index (χ0) is 17.5. The molecule has 0 aliphatic carbocycles. The third-order valence-corrected chi connectivity index (χ3v) is 3.64. The number of nitriles is 1. The van der Waals surface area contributed by atoms with E-state index in [2.05, 4.69) is 10.6 Å². The first-order chi connectivity index (χ1) is 11.5. The number of aryl methyl sites for hydroxylation is 2. The number of benzene rings is 2. The number of nitrogens with zero attached hydrogens (tertiary/aromatic N) is 1. The van der Waals surface area contributed by atoms with Gasteiger partial charge in [-0.1, -0.05) is 25.1 Å². The molecule has 4 N–H and O–H groups in total. The minimum Gasteiger partial charge on any atom is -0.399 e. The second-order valence-electron chi connectivity index (χ2n) is 5.35. The molecule has 5 nitrogen and oxygen atoms in total. The lowest BCUT2D eigenvalue weighted by molar-refractivity contribution is -0.112. The molecular weight excluding hydrogens is 300 g/mol. The zero-order valence-corrected chi connectivity index (χ0v) is 13.8. The fourth-order valence-corrected chi connectivity index (χ4v) is 2.27. The SMILES string of the molecule is CCc1cccc(C)c1NC(=O)/C(C#N)=C\Nc1ccc(N)cc1. The normalized spacial score (nSPS) is 10.8. The lowest BCUT2D eigenvalue weighted by Crippen LogP contribution is -2.16. The number of hydrogen-bond donors (Lipinski definition) is 3. The Morgan fingerprint density at radius 2 is 1.96 bits per heavy atom. The Labute approximate surface area is 141 Å². The molecule has 0 fully saturated rings. The summed E-state index contributed by atoms with van der Waals surface area (Å²) in [5.74, 6) is -0.440. The molecule has 0 bridgehead atoms. The average Bonchev–Trinajstić information content (AvgIpc) is 2.58. The van der Waals surface area contributed by atoms with Crippen LogP contribution in [0.15, 0.2) is 54.2 Å². The fourth-order valence-electron chi connectivity index (χ4n) is 2.27. The average molecular weight is 320 g/mol. The number of carbonyl (C=O) groups excluding carboxylic acids is 1. The minimum atomic E-state index is -0.440. The van der Waals surface area contributed by atoms with Crippen LogP contribution >= 0.6 is 0 Å². The molecule has 0 saturated carbocycles. The van der Waals surface area contributed by atoms with E-state index in [1.54, 1.807) is 24.3 Å². The molecule has 2 aromatic rings. The van der Waals surface area contributed by atoms with Gasteiger partial charge >= 0.3 is 0 Å². The van der Waals surface area contributed by atoms with Gasteiger partial charge in [-0.05, 0) is 48.7 Å². The van der Waals surface area contributed by atoms with Crippen LogP contribution in [0.25, 0.3) is 0 Å². The number of anilines is 3. The summed E-state index contributed by atoms with van der Waals surface area (Å²) in [5, 5.41) is 15.0. The molecule has 24 heavy (non-hydrogen) atoms. The molecule has 0 aromatic heterocycles. The van der Waals surface area contributed by atoms with Crippen LogP contribution in [0.3, 0.4) is 0 Å². The number of para-hydroxylation sites is 1. The van der Waals surface area contributed by atoms with E-state index in [0.717, 1.165) is 28.9 Å². The summed E-state index contributed by atoms with van der Waals surface area (Å²) in [4.78, 5) is 12.4. The van der Waals surface area contributed by atoms with Crippen molar-refractivity contribution < 1.29 is 4.79 Å². The number of rotatable bonds is 5. The zero-order valence-electron chi connectivity index (χ0n) is 13.8. The van der Waals surface area contributed by atoms with Crippen molar-refractivity contribution in [2.75, 3.05) is 16.4 Å². The van der Waals surface area contributed by atoms with Crippen LogP contribution in [-0.4, -0.2) is 5.91 Å². The number of amides is 1. The third kappa shape index (κ3) is 4.14. The van der Waals surface area contributed by atoms with Crippen LogP contribution in [0.4, 0.5) is 17.1 Å². The van der Waals surface area contributed by atoms with Gasteiger partial charge in [-0.15, -0.1) is 0 Å². The fraction of sp³-hybridized carbons (Fsp3) is 0.158. The van der Waals surface area contributed by atoms with Crippen molar-refractivity contribution in [3.8, 4) is 6.07 Å². The Morgan fingerprint density at radius 3 is 2.58 bits per heavy atom. The predicted octanol–water partition coefficient (Wildman–Crippen LogP) is 3.60. The molecular formula is C19H20N4O. The topological polar surface area (TPSA) is 90.9 Å². The monoisotopic (exact) mass is 320 g/mol. The lowest BCUT2D eigenvalue weighted by atomic mass is 10.1. The summed E-state index contributed by atoms with van der Waals surface area (Å²) in [6.45, 7) is 3.95. The maximum Gasteiger partial charge on any atom is 0.267 e. The van der Waals surface area contributed by atoms with E-state index < -0.39 is 5.91 Å². The van der Waals surface area contributed by atoms with Gasteiger partial charge in [0.15, 0.2) is 0 Å². The standard InChI is InChI=1S/C19H20N4O/c1-3-14-6-4-5-13(2)18(14)23-19(24)15(11-20)12-22-17-9-7-16(21)8-10-17/h4-10,12,22H,3,21H2,1-2H3,(H,23,24)/b15-12-. The molecule has 0 aliphatic rings. The van der Waals surface area contributed by atoms with Crippen molar-refractivity contribution in [2.24, 2.45) is 0 Å². The molecule has 0 heterocycles. The molecule has 0 atom stereocenters. The molecule has 122 valence electrons. The van der Waals surface area contributed by atoms with Crippen LogP contribution in [0.5, 0.6) is 0 Å². The van der Waals surface area contributed by atoms with Gasteiger partial charge in [-0.2, -0.15) is 5.26 Å². The van der Waals surface area contributed by atoms with Crippen LogP contribution in [0.2, 0.25) is 0 Å². The van der Waals surface area contributed by atoms with E-state index in [4.69, 9.17) is 5.73 Å². The Kier molecular flexibility index (Phi) is 5.58. The number of nitrogens with one attached hydrogen (secondary N) is 2. The number of nitrogen functional groups attached to an aromatic ring is 1. The van der Waals surface area contributed by atoms with Gasteiger partial charge in [0.05, 0.1) is 0 Å². The molecule has 0 unspecified atom stereocenters. The molecule has 5 heteroatoms. The van der Waals surface area contributed by atoms with Crippen molar-refractivity contribution in [1.82, 2.24) is 0 Å². The van der Waals surface area contributed by atoms with Crippen LogP contribution in [0, 0.1) is 18.3 Å². The maximum atomic E-state index is 12.4. The lowest BCUT2D eigenvalue weighted by Gasteiger charge is -2.12. The van der Waals surface area contributed by atoms with E-state index >= 15 is 0 Å². The van der Waals surface area contributed by atoms with Crippen molar-refractivity contribution in [1.29, 1.82) is 5.26 Å². The number of carbonyl (C=O) groups is 1. The van der Waals surface area contributed by atoms with E-state index in [1.165, 1.54) is 6.20 Å². The molecule has 2 rings (SSSR count). The molecule has 0 spiro atoms. The number of nitrogens with two attached hydrogens (primary N) is 1. The van der Waals surface area contributed by atoms with Gasteiger partial charge in [0.25, 0.3) is 5.91 Å². The van der Waals surface area contributed by atoms with Gasteiger partial charge in [-0.3, -0.25) is 4.79 Å². The van der Waals surface area contributed by atoms with Gasteiger partial charge in [-0.25, -0.2) is 0 Å². The van der Waals surface area contributed by atoms with Crippen molar-refractivity contribution >= 4 is 23.0 Å². The van der Waals surface area contributed by atoms with Gasteiger partial charge in [0.2, 0.25) is 0 Å². The minimum absolute atomic E-state index is 0.00266. The van der Waals surface area contributed by atoms with E-state index in [1.807, 2.05) is 38.1 Å². The third-order valence-electron chi connectivity index (χ3n) is 3.64. The largest absolute Gasteiger partial charge is 0.399 e. The van der Waals surface area contributed by atoms with Gasteiger partial charge in [0.1, 0.15) is 11.6 Å². The second-order valence-corrected chi connectivity index (χ2v) is 5.35. The van der Waals surface area contributed by atoms with Crippen LogP contribution in [-0.2, 0) is 11.2 Å². The molecule has 1 amide bonds. The van der Waals surface area contributed by atoms with Crippen LogP contribution in [0.1, 0.15) is 18.1 Å². The summed E-state index contributed by atoms with van der Waals surface area (Å²) in [5.41, 5.74) is 9.78. The first-order valence-electron chi connectivity index (χ1n) is 7.67. The highest BCUT2D eigenvalue weighted by molar-refractivity contribution is 6.07. The molecule has 0 saturated heterocycles. The highest BCUT2D eigenvalue weighted by atomic mass is 16.1. The molecule has 0 aliphatic heterocycles. The van der Waals surface area contributed by atoms with E-state index in [9.17, 15) is 10.1 Å². The maximum absolute atomic E-state index is 12.4. The van der Waals surface area contributed by atoms with Gasteiger partial charge < -0.3 is 16.4 Å². The summed E-state index contributed by atoms with van der Waals surface area (Å²) >= 11 is 0. The second kappa shape index (κ2) is 7.84. The summed E-state index contributed by atoms with van der Waals surface area (Å²) < 4.78 is 0. The Bertz CT molecular complexity index is 801.